The third kappa shape index (κ3) is 2.80. The Morgan fingerprint density at radius 1 is 1.44 bits per heavy atom. The number of ether oxygens (including phenoxy) is 1. The van der Waals surface area contributed by atoms with E-state index in [0.29, 0.717) is 5.82 Å². The molecule has 2 rings (SSSR count). The fourth-order valence-corrected chi connectivity index (χ4v) is 1.64. The summed E-state index contributed by atoms with van der Waals surface area (Å²) in [5.41, 5.74) is 0.496. The first-order valence-electron chi connectivity index (χ1n) is 5.76. The van der Waals surface area contributed by atoms with Gasteiger partial charge in [0.15, 0.2) is 0 Å². The van der Waals surface area contributed by atoms with E-state index in [9.17, 15) is 4.79 Å². The van der Waals surface area contributed by atoms with Gasteiger partial charge in [0.2, 0.25) is 0 Å². The van der Waals surface area contributed by atoms with Crippen LogP contribution in [0.4, 0.5) is 10.6 Å². The number of carbonyl (C=O) groups is 1. The number of nitrogens with one attached hydrogen (secondary N) is 1. The third-order valence-corrected chi connectivity index (χ3v) is 2.40. The minimum atomic E-state index is -0.515. The zero-order valence-corrected chi connectivity index (χ0v) is 11.0. The molecule has 0 bridgehead atoms. The molecule has 2 aromatic heterocycles. The number of fused-ring (bicyclic) bond motifs is 1. The van der Waals surface area contributed by atoms with E-state index >= 15 is 0 Å². The number of pyridine rings is 1. The van der Waals surface area contributed by atoms with Crippen molar-refractivity contribution >= 4 is 22.8 Å². The van der Waals surface area contributed by atoms with Gasteiger partial charge in [-0.25, -0.2) is 9.78 Å². The summed E-state index contributed by atoms with van der Waals surface area (Å²) in [6, 6.07) is 3.79. The molecule has 96 valence electrons. The standard InChI is InChI=1S/C13H17N3O2/c1-13(2,3)18-12(17)15-11-7-10-9(8-14-11)5-6-16(10)4/h5-8H,1-4H3,(H,14,15,17). The number of anilines is 1. The molecule has 0 aliphatic rings. The maximum atomic E-state index is 11.6. The predicted octanol–water partition coefficient (Wildman–Crippen LogP) is 2.92. The van der Waals surface area contributed by atoms with E-state index in [1.54, 1.807) is 6.20 Å². The van der Waals surface area contributed by atoms with Crippen molar-refractivity contribution in [2.45, 2.75) is 26.4 Å². The van der Waals surface area contributed by atoms with Crippen LogP contribution in [-0.2, 0) is 11.8 Å². The van der Waals surface area contributed by atoms with Gasteiger partial charge < -0.3 is 9.30 Å². The molecule has 18 heavy (non-hydrogen) atoms. The van der Waals surface area contributed by atoms with Gasteiger partial charge in [-0.05, 0) is 26.8 Å². The van der Waals surface area contributed by atoms with Gasteiger partial charge in [-0.2, -0.15) is 0 Å². The summed E-state index contributed by atoms with van der Waals surface area (Å²) in [5.74, 6) is 0.485. The minimum Gasteiger partial charge on any atom is -0.444 e. The molecule has 0 spiro atoms. The van der Waals surface area contributed by atoms with Crippen molar-refractivity contribution < 1.29 is 9.53 Å². The summed E-state index contributed by atoms with van der Waals surface area (Å²) in [6.07, 6.45) is 3.18. The summed E-state index contributed by atoms with van der Waals surface area (Å²) in [5, 5.41) is 3.66. The second kappa shape index (κ2) is 4.33. The maximum Gasteiger partial charge on any atom is 0.413 e. The lowest BCUT2D eigenvalue weighted by atomic mass is 10.2. The third-order valence-electron chi connectivity index (χ3n) is 2.40. The van der Waals surface area contributed by atoms with E-state index in [1.807, 2.05) is 50.7 Å². The molecule has 0 radical (unpaired) electrons. The van der Waals surface area contributed by atoms with Crippen LogP contribution < -0.4 is 5.32 Å². The molecule has 0 aliphatic carbocycles. The average Bonchev–Trinajstić information content (AvgIpc) is 2.57. The van der Waals surface area contributed by atoms with Crippen molar-refractivity contribution in [3.63, 3.8) is 0 Å². The molecule has 5 nitrogen and oxygen atoms in total. The Bertz CT molecular complexity index is 581. The molecule has 5 heteroatoms. The molecule has 0 aromatic carbocycles. The van der Waals surface area contributed by atoms with E-state index in [0.717, 1.165) is 10.9 Å². The number of hydrogen-bond donors (Lipinski definition) is 1. The van der Waals surface area contributed by atoms with Crippen LogP contribution in [0.3, 0.4) is 0 Å². The van der Waals surface area contributed by atoms with E-state index in [2.05, 4.69) is 10.3 Å². The summed E-state index contributed by atoms with van der Waals surface area (Å²) < 4.78 is 7.14. The van der Waals surface area contributed by atoms with Crippen LogP contribution in [0.5, 0.6) is 0 Å². The SMILES string of the molecule is Cn1ccc2cnc(NC(=O)OC(C)(C)C)cc21. The summed E-state index contributed by atoms with van der Waals surface area (Å²) in [6.45, 7) is 5.46. The average molecular weight is 247 g/mol. The molecule has 0 aliphatic heterocycles. The lowest BCUT2D eigenvalue weighted by Crippen LogP contribution is -2.27. The quantitative estimate of drug-likeness (QED) is 0.843. The number of nitrogens with zero attached hydrogens (tertiary/aromatic N) is 2. The fraction of sp³-hybridized carbons (Fsp3) is 0.385. The zero-order chi connectivity index (χ0) is 13.3. The van der Waals surface area contributed by atoms with Gasteiger partial charge in [-0.3, -0.25) is 5.32 Å². The fourth-order valence-electron chi connectivity index (χ4n) is 1.64. The first-order valence-corrected chi connectivity index (χ1v) is 5.76. The largest absolute Gasteiger partial charge is 0.444 e. The van der Waals surface area contributed by atoms with Gasteiger partial charge in [0.1, 0.15) is 11.4 Å². The van der Waals surface area contributed by atoms with Crippen molar-refractivity contribution in [3.05, 3.63) is 24.5 Å². The molecule has 0 fully saturated rings. The first-order chi connectivity index (χ1) is 8.35. The van der Waals surface area contributed by atoms with Crippen molar-refractivity contribution in [3.8, 4) is 0 Å². The molecule has 2 aromatic rings. The highest BCUT2D eigenvalue weighted by Gasteiger charge is 2.16. The normalized spacial score (nSPS) is 11.6. The van der Waals surface area contributed by atoms with Crippen LogP contribution in [0.15, 0.2) is 24.5 Å². The molecule has 1 amide bonds. The number of carbonyl (C=O) groups excluding carboxylic acids is 1. The Balaban J connectivity index is 2.17. The first kappa shape index (κ1) is 12.4. The van der Waals surface area contributed by atoms with Crippen molar-refractivity contribution in [2.75, 3.05) is 5.32 Å². The molecule has 2 heterocycles. The molecular weight excluding hydrogens is 230 g/mol. The van der Waals surface area contributed by atoms with Crippen molar-refractivity contribution in [2.24, 2.45) is 7.05 Å². The van der Waals surface area contributed by atoms with Crippen LogP contribution in [0.25, 0.3) is 10.9 Å². The number of aromatic nitrogens is 2. The minimum absolute atomic E-state index is 0.485. The molecule has 0 unspecified atom stereocenters. The summed E-state index contributed by atoms with van der Waals surface area (Å²) in [4.78, 5) is 15.8. The van der Waals surface area contributed by atoms with Gasteiger partial charge >= 0.3 is 6.09 Å². The second-order valence-electron chi connectivity index (χ2n) is 5.18. The van der Waals surface area contributed by atoms with Crippen molar-refractivity contribution in [1.29, 1.82) is 0 Å². The molecular formula is C13H17N3O2. The van der Waals surface area contributed by atoms with Gasteiger partial charge in [0, 0.05) is 30.9 Å². The topological polar surface area (TPSA) is 56.2 Å². The zero-order valence-electron chi connectivity index (χ0n) is 11.0. The summed E-state index contributed by atoms with van der Waals surface area (Å²) in [7, 11) is 1.94. The molecule has 0 saturated carbocycles. The number of amides is 1. The Hall–Kier alpha value is -2.04. The molecule has 0 saturated heterocycles. The number of rotatable bonds is 1. The summed E-state index contributed by atoms with van der Waals surface area (Å²) >= 11 is 0. The van der Waals surface area contributed by atoms with Crippen LogP contribution >= 0.6 is 0 Å². The Labute approximate surface area is 106 Å². The van der Waals surface area contributed by atoms with E-state index in [4.69, 9.17) is 4.74 Å². The number of hydrogen-bond acceptors (Lipinski definition) is 3. The molecule has 1 N–H and O–H groups in total. The maximum absolute atomic E-state index is 11.6. The van der Waals surface area contributed by atoms with Gasteiger partial charge in [0.05, 0.1) is 5.52 Å². The second-order valence-corrected chi connectivity index (χ2v) is 5.18. The van der Waals surface area contributed by atoms with Gasteiger partial charge in [-0.1, -0.05) is 0 Å². The highest BCUT2D eigenvalue weighted by atomic mass is 16.6. The lowest BCUT2D eigenvalue weighted by molar-refractivity contribution is 0.0635. The van der Waals surface area contributed by atoms with E-state index < -0.39 is 11.7 Å². The Kier molecular flexibility index (Phi) is 2.98. The Morgan fingerprint density at radius 2 is 2.17 bits per heavy atom. The smallest absolute Gasteiger partial charge is 0.413 e. The number of aryl methyl sites for hydroxylation is 1. The lowest BCUT2D eigenvalue weighted by Gasteiger charge is -2.19. The molecule has 0 atom stereocenters. The van der Waals surface area contributed by atoms with Crippen molar-refractivity contribution in [1.82, 2.24) is 9.55 Å². The predicted molar refractivity (Wildman–Crippen MR) is 70.6 cm³/mol. The monoisotopic (exact) mass is 247 g/mol. The van der Waals surface area contributed by atoms with E-state index in [-0.39, 0.29) is 0 Å². The van der Waals surface area contributed by atoms with Gasteiger partial charge in [-0.15, -0.1) is 0 Å². The van der Waals surface area contributed by atoms with Crippen LogP contribution in [0, 0.1) is 0 Å². The van der Waals surface area contributed by atoms with Crippen LogP contribution in [-0.4, -0.2) is 21.2 Å². The van der Waals surface area contributed by atoms with Gasteiger partial charge in [0.25, 0.3) is 0 Å². The Morgan fingerprint density at radius 3 is 2.83 bits per heavy atom. The highest BCUT2D eigenvalue weighted by molar-refractivity contribution is 5.88. The van der Waals surface area contributed by atoms with Crippen LogP contribution in [0.2, 0.25) is 0 Å². The highest BCUT2D eigenvalue weighted by Crippen LogP contribution is 2.17. The van der Waals surface area contributed by atoms with E-state index in [1.165, 1.54) is 0 Å². The van der Waals surface area contributed by atoms with Crippen LogP contribution in [0.1, 0.15) is 20.8 Å².